The van der Waals surface area contributed by atoms with E-state index >= 15 is 0 Å². The van der Waals surface area contributed by atoms with Crippen LogP contribution in [0.1, 0.15) is 93.4 Å². The number of aliphatic hydroxyl groups is 1. The summed E-state index contributed by atoms with van der Waals surface area (Å²) in [5.74, 6) is -2.49. The second kappa shape index (κ2) is 8.69. The van der Waals surface area contributed by atoms with Gasteiger partial charge < -0.3 is 10.2 Å². The largest absolute Gasteiger partial charge is 0.481 e. The molecular formula is C30H42O7. The van der Waals surface area contributed by atoms with Crippen molar-refractivity contribution in [3.8, 4) is 0 Å². The third-order valence-electron chi connectivity index (χ3n) is 11.3. The smallest absolute Gasteiger partial charge is 0.306 e. The molecule has 7 nitrogen and oxygen atoms in total. The average Bonchev–Trinajstić information content (AvgIpc) is 2.99. The molecule has 0 heterocycles. The van der Waals surface area contributed by atoms with Gasteiger partial charge in [-0.3, -0.25) is 24.0 Å². The summed E-state index contributed by atoms with van der Waals surface area (Å²) in [6, 6.07) is 0. The summed E-state index contributed by atoms with van der Waals surface area (Å²) in [4.78, 5) is 64.6. The maximum absolute atomic E-state index is 14.0. The van der Waals surface area contributed by atoms with Gasteiger partial charge in [-0.05, 0) is 48.5 Å². The number of hydrogen-bond acceptors (Lipinski definition) is 6. The minimum atomic E-state index is -1.04. The summed E-state index contributed by atoms with van der Waals surface area (Å²) >= 11 is 0. The van der Waals surface area contributed by atoms with Crippen molar-refractivity contribution >= 4 is 29.1 Å². The maximum atomic E-state index is 14.0. The van der Waals surface area contributed by atoms with E-state index in [0.29, 0.717) is 30.4 Å². The van der Waals surface area contributed by atoms with Crippen molar-refractivity contribution in [2.24, 2.45) is 45.3 Å². The van der Waals surface area contributed by atoms with E-state index in [1.807, 2.05) is 41.5 Å². The maximum Gasteiger partial charge on any atom is 0.306 e. The van der Waals surface area contributed by atoms with Gasteiger partial charge in [0.15, 0.2) is 5.78 Å². The average molecular weight is 515 g/mol. The first-order valence-corrected chi connectivity index (χ1v) is 13.7. The number of allylic oxidation sites excluding steroid dienone is 1. The Balaban J connectivity index is 1.75. The standard InChI is InChI=1S/C30H42O7/c1-15(10-17(31)11-16(2)26(36)37)18-12-23(35)30(7)25-19(32)13-21-27(3,4)22(34)8-9-28(21,5)24(25)20(33)14-29(18,30)6/h15-16,18-19,21,32H,8-14H2,1-7H3,(H,36,37)/t15?,16?,18?,19?,21-,28-,29+,30-/m0/s1. The third kappa shape index (κ3) is 3.74. The molecular weight excluding hydrogens is 472 g/mol. The lowest BCUT2D eigenvalue weighted by molar-refractivity contribution is -0.147. The lowest BCUT2D eigenvalue weighted by Crippen LogP contribution is -2.60. The molecule has 2 fully saturated rings. The van der Waals surface area contributed by atoms with Crippen molar-refractivity contribution < 1.29 is 34.2 Å². The molecule has 4 aliphatic rings. The van der Waals surface area contributed by atoms with Crippen LogP contribution >= 0.6 is 0 Å². The molecule has 0 amide bonds. The number of Topliss-reactive ketones (excluding diaryl/α,β-unsaturated/α-hetero) is 4. The summed E-state index contributed by atoms with van der Waals surface area (Å²) < 4.78 is 0. The van der Waals surface area contributed by atoms with Crippen molar-refractivity contribution in [2.45, 2.75) is 99.5 Å². The summed E-state index contributed by atoms with van der Waals surface area (Å²) in [7, 11) is 0. The molecule has 37 heavy (non-hydrogen) atoms. The molecule has 0 bridgehead atoms. The first-order chi connectivity index (χ1) is 16.9. The Hall–Kier alpha value is -2.15. The van der Waals surface area contributed by atoms with Crippen LogP contribution in [0.15, 0.2) is 11.1 Å². The van der Waals surface area contributed by atoms with Gasteiger partial charge in [-0.1, -0.05) is 41.5 Å². The Bertz CT molecular complexity index is 1110. The van der Waals surface area contributed by atoms with E-state index in [1.165, 1.54) is 6.92 Å². The number of aliphatic hydroxyl groups excluding tert-OH is 1. The van der Waals surface area contributed by atoms with Crippen LogP contribution in [0.3, 0.4) is 0 Å². The van der Waals surface area contributed by atoms with Crippen molar-refractivity contribution in [3.05, 3.63) is 11.1 Å². The number of rotatable bonds is 6. The summed E-state index contributed by atoms with van der Waals surface area (Å²) in [6.07, 6.45) is 0.736. The predicted molar refractivity (Wildman–Crippen MR) is 136 cm³/mol. The Kier molecular flexibility index (Phi) is 6.54. The van der Waals surface area contributed by atoms with E-state index in [2.05, 4.69) is 0 Å². The Morgan fingerprint density at radius 3 is 2.22 bits per heavy atom. The number of hydrogen-bond donors (Lipinski definition) is 2. The van der Waals surface area contributed by atoms with Gasteiger partial charge in [0.05, 0.1) is 17.4 Å². The fourth-order valence-electron chi connectivity index (χ4n) is 8.93. The van der Waals surface area contributed by atoms with E-state index in [1.54, 1.807) is 0 Å². The fourth-order valence-corrected chi connectivity index (χ4v) is 8.93. The van der Waals surface area contributed by atoms with E-state index in [-0.39, 0.29) is 66.6 Å². The van der Waals surface area contributed by atoms with Crippen molar-refractivity contribution in [2.75, 3.05) is 0 Å². The van der Waals surface area contributed by atoms with E-state index in [4.69, 9.17) is 0 Å². The van der Waals surface area contributed by atoms with Gasteiger partial charge in [-0.25, -0.2) is 0 Å². The molecule has 2 N–H and O–H groups in total. The molecule has 0 aromatic heterocycles. The van der Waals surface area contributed by atoms with Gasteiger partial charge in [0, 0.05) is 48.5 Å². The van der Waals surface area contributed by atoms with Crippen LogP contribution < -0.4 is 0 Å². The fraction of sp³-hybridized carbons (Fsp3) is 0.767. The molecule has 0 aromatic carbocycles. The quantitative estimate of drug-likeness (QED) is 0.540. The molecule has 204 valence electrons. The Labute approximate surface area is 219 Å². The minimum Gasteiger partial charge on any atom is -0.481 e. The topological polar surface area (TPSA) is 126 Å². The van der Waals surface area contributed by atoms with Crippen LogP contribution in [0.4, 0.5) is 0 Å². The number of aliphatic carboxylic acids is 1. The highest BCUT2D eigenvalue weighted by molar-refractivity contribution is 6.05. The molecule has 0 radical (unpaired) electrons. The van der Waals surface area contributed by atoms with Crippen molar-refractivity contribution in [1.29, 1.82) is 0 Å². The van der Waals surface area contributed by atoms with Crippen LogP contribution in [-0.2, 0) is 24.0 Å². The van der Waals surface area contributed by atoms with Crippen LogP contribution in [0.5, 0.6) is 0 Å². The number of ketones is 4. The van der Waals surface area contributed by atoms with Gasteiger partial charge in [-0.15, -0.1) is 0 Å². The highest BCUT2D eigenvalue weighted by Gasteiger charge is 2.70. The molecule has 4 unspecified atom stereocenters. The van der Waals surface area contributed by atoms with Gasteiger partial charge in [0.2, 0.25) is 0 Å². The van der Waals surface area contributed by atoms with Crippen molar-refractivity contribution in [1.82, 2.24) is 0 Å². The van der Waals surface area contributed by atoms with Gasteiger partial charge in [-0.2, -0.15) is 0 Å². The van der Waals surface area contributed by atoms with Gasteiger partial charge in [0.25, 0.3) is 0 Å². The molecule has 0 spiro atoms. The van der Waals surface area contributed by atoms with Crippen LogP contribution in [0.25, 0.3) is 0 Å². The monoisotopic (exact) mass is 514 g/mol. The second-order valence-corrected chi connectivity index (χ2v) is 13.7. The van der Waals surface area contributed by atoms with Crippen LogP contribution in [-0.4, -0.2) is 45.4 Å². The van der Waals surface area contributed by atoms with Crippen LogP contribution in [0.2, 0.25) is 0 Å². The minimum absolute atomic E-state index is 0.00884. The Morgan fingerprint density at radius 2 is 1.62 bits per heavy atom. The zero-order valence-corrected chi connectivity index (χ0v) is 23.3. The first kappa shape index (κ1) is 27.9. The second-order valence-electron chi connectivity index (χ2n) is 13.7. The SMILES string of the molecule is CC(CC(=O)CC(C)C1CC(=O)[C@@]2(C)C3=C(C(=O)C[C@]12C)[C@@]1(C)CCC(=O)C(C)(C)[C@@H]1CC3O)C(=O)O. The predicted octanol–water partition coefficient (Wildman–Crippen LogP) is 4.34. The highest BCUT2D eigenvalue weighted by atomic mass is 16.4. The summed E-state index contributed by atoms with van der Waals surface area (Å²) in [5.41, 5.74) is -1.92. The third-order valence-corrected chi connectivity index (χ3v) is 11.3. The zero-order chi connectivity index (χ0) is 27.9. The molecule has 0 aliphatic heterocycles. The molecule has 2 saturated carbocycles. The molecule has 7 heteroatoms. The van der Waals surface area contributed by atoms with Crippen LogP contribution in [0, 0.1) is 45.3 Å². The van der Waals surface area contributed by atoms with Crippen molar-refractivity contribution in [3.63, 3.8) is 0 Å². The number of fused-ring (bicyclic) bond motifs is 4. The highest BCUT2D eigenvalue weighted by Crippen LogP contribution is 2.70. The van der Waals surface area contributed by atoms with Gasteiger partial charge >= 0.3 is 5.97 Å². The normalized spacial score (nSPS) is 40.5. The number of carboxylic acids is 1. The molecule has 4 aliphatic carbocycles. The van der Waals surface area contributed by atoms with E-state index in [9.17, 15) is 34.2 Å². The number of carbonyl (C=O) groups is 5. The molecule has 8 atom stereocenters. The Morgan fingerprint density at radius 1 is 1.00 bits per heavy atom. The number of carboxylic acid groups (broad SMARTS) is 1. The van der Waals surface area contributed by atoms with Gasteiger partial charge in [0.1, 0.15) is 17.3 Å². The summed E-state index contributed by atoms with van der Waals surface area (Å²) in [5, 5.41) is 20.7. The summed E-state index contributed by atoms with van der Waals surface area (Å²) in [6.45, 7) is 13.1. The number of carbonyl (C=O) groups excluding carboxylic acids is 4. The van der Waals surface area contributed by atoms with E-state index < -0.39 is 39.7 Å². The molecule has 0 aromatic rings. The molecule has 0 saturated heterocycles. The lowest BCUT2D eigenvalue weighted by Gasteiger charge is -2.60. The molecule has 4 rings (SSSR count). The zero-order valence-electron chi connectivity index (χ0n) is 23.3. The van der Waals surface area contributed by atoms with E-state index in [0.717, 1.165) is 0 Å². The lowest BCUT2D eigenvalue weighted by atomic mass is 9.42. The first-order valence-electron chi connectivity index (χ1n) is 13.7.